The largest absolute Gasteiger partial charge is 0.352 e. The van der Waals surface area contributed by atoms with E-state index in [1.807, 2.05) is 30.3 Å². The average molecular weight is 263 g/mol. The van der Waals surface area contributed by atoms with E-state index in [0.717, 1.165) is 11.3 Å². The summed E-state index contributed by atoms with van der Waals surface area (Å²) in [6.45, 7) is 2.24. The summed E-state index contributed by atoms with van der Waals surface area (Å²) in [5.74, 6) is 1.32. The third kappa shape index (κ3) is 4.05. The summed E-state index contributed by atoms with van der Waals surface area (Å²) in [6, 6.07) is 10.5. The van der Waals surface area contributed by atoms with Crippen molar-refractivity contribution in [2.75, 3.05) is 5.75 Å². The summed E-state index contributed by atoms with van der Waals surface area (Å²) >= 11 is 1.61. The van der Waals surface area contributed by atoms with E-state index in [1.165, 1.54) is 19.3 Å². The molecule has 1 aliphatic carbocycles. The van der Waals surface area contributed by atoms with Crippen LogP contribution >= 0.6 is 11.8 Å². The smallest absolute Gasteiger partial charge is 0.230 e. The normalized spacial score (nSPS) is 23.6. The summed E-state index contributed by atoms with van der Waals surface area (Å²) in [7, 11) is 0. The second-order valence-corrected chi connectivity index (χ2v) is 6.09. The predicted molar refractivity (Wildman–Crippen MR) is 76.7 cm³/mol. The van der Waals surface area contributed by atoms with E-state index in [2.05, 4.69) is 12.2 Å². The topological polar surface area (TPSA) is 29.1 Å². The van der Waals surface area contributed by atoms with Gasteiger partial charge in [0.2, 0.25) is 5.91 Å². The fourth-order valence-corrected chi connectivity index (χ4v) is 3.18. The van der Waals surface area contributed by atoms with Crippen LogP contribution in [0.5, 0.6) is 0 Å². The Balaban J connectivity index is 1.75. The van der Waals surface area contributed by atoms with Crippen molar-refractivity contribution in [2.45, 2.75) is 43.5 Å². The minimum Gasteiger partial charge on any atom is -0.352 e. The highest BCUT2D eigenvalue weighted by Gasteiger charge is 2.22. The van der Waals surface area contributed by atoms with Gasteiger partial charge in [-0.1, -0.05) is 38.0 Å². The zero-order valence-electron chi connectivity index (χ0n) is 10.9. The van der Waals surface area contributed by atoms with E-state index in [1.54, 1.807) is 11.8 Å². The van der Waals surface area contributed by atoms with Crippen molar-refractivity contribution < 1.29 is 4.79 Å². The van der Waals surface area contributed by atoms with Gasteiger partial charge >= 0.3 is 0 Å². The molecule has 2 rings (SSSR count). The molecular formula is C15H21NOS. The van der Waals surface area contributed by atoms with Gasteiger partial charge in [-0.05, 0) is 30.9 Å². The first-order chi connectivity index (χ1) is 8.75. The van der Waals surface area contributed by atoms with Gasteiger partial charge in [0.1, 0.15) is 0 Å². The molecule has 0 radical (unpaired) electrons. The molecule has 1 saturated carbocycles. The second-order valence-electron chi connectivity index (χ2n) is 5.04. The molecule has 0 aromatic heterocycles. The first-order valence-electron chi connectivity index (χ1n) is 6.73. The SMILES string of the molecule is C[C@@H]1CCCC[C@@H]1NC(=O)CSc1ccccc1. The van der Waals surface area contributed by atoms with Gasteiger partial charge in [-0.3, -0.25) is 4.79 Å². The predicted octanol–water partition coefficient (Wildman–Crippen LogP) is 3.47. The number of nitrogens with one attached hydrogen (secondary N) is 1. The first-order valence-corrected chi connectivity index (χ1v) is 7.71. The van der Waals surface area contributed by atoms with Crippen molar-refractivity contribution in [2.24, 2.45) is 5.92 Å². The van der Waals surface area contributed by atoms with Crippen LogP contribution in [0, 0.1) is 5.92 Å². The molecule has 1 aromatic rings. The number of benzene rings is 1. The molecule has 1 aromatic carbocycles. The van der Waals surface area contributed by atoms with Gasteiger partial charge in [-0.25, -0.2) is 0 Å². The molecule has 0 bridgehead atoms. The Labute approximate surface area is 114 Å². The van der Waals surface area contributed by atoms with Crippen molar-refractivity contribution in [1.82, 2.24) is 5.32 Å². The lowest BCUT2D eigenvalue weighted by Crippen LogP contribution is -2.41. The third-order valence-corrected chi connectivity index (χ3v) is 4.58. The molecule has 18 heavy (non-hydrogen) atoms. The van der Waals surface area contributed by atoms with Crippen LogP contribution in [0.4, 0.5) is 0 Å². The molecule has 1 amide bonds. The maximum atomic E-state index is 11.9. The van der Waals surface area contributed by atoms with E-state index < -0.39 is 0 Å². The molecule has 3 heteroatoms. The Kier molecular flexibility index (Phi) is 5.12. The highest BCUT2D eigenvalue weighted by molar-refractivity contribution is 8.00. The van der Waals surface area contributed by atoms with Crippen LogP contribution in [-0.2, 0) is 4.79 Å². The van der Waals surface area contributed by atoms with Gasteiger partial charge in [0.15, 0.2) is 0 Å². The molecule has 0 unspecified atom stereocenters. The molecular weight excluding hydrogens is 242 g/mol. The summed E-state index contributed by atoms with van der Waals surface area (Å²) in [5, 5.41) is 3.18. The van der Waals surface area contributed by atoms with Crippen molar-refractivity contribution >= 4 is 17.7 Å². The average Bonchev–Trinajstić information content (AvgIpc) is 2.40. The van der Waals surface area contributed by atoms with Crippen LogP contribution in [0.15, 0.2) is 35.2 Å². The molecule has 1 fully saturated rings. The number of carbonyl (C=O) groups excluding carboxylic acids is 1. The van der Waals surface area contributed by atoms with E-state index in [9.17, 15) is 4.79 Å². The summed E-state index contributed by atoms with van der Waals surface area (Å²) in [4.78, 5) is 13.1. The van der Waals surface area contributed by atoms with E-state index in [-0.39, 0.29) is 5.91 Å². The molecule has 0 saturated heterocycles. The van der Waals surface area contributed by atoms with Gasteiger partial charge in [0.25, 0.3) is 0 Å². The standard InChI is InChI=1S/C15H21NOS/c1-12-7-5-6-10-14(12)16-15(17)11-18-13-8-3-2-4-9-13/h2-4,8-9,12,14H,5-7,10-11H2,1H3,(H,16,17)/t12-,14+/m1/s1. The second kappa shape index (κ2) is 6.83. The fraction of sp³-hybridized carbons (Fsp3) is 0.533. The van der Waals surface area contributed by atoms with Crippen LogP contribution < -0.4 is 5.32 Å². The van der Waals surface area contributed by atoms with Gasteiger partial charge in [-0.2, -0.15) is 0 Å². The number of hydrogen-bond donors (Lipinski definition) is 1. The molecule has 98 valence electrons. The molecule has 0 spiro atoms. The van der Waals surface area contributed by atoms with Crippen LogP contribution in [0.2, 0.25) is 0 Å². The van der Waals surface area contributed by atoms with E-state index in [4.69, 9.17) is 0 Å². The number of carbonyl (C=O) groups is 1. The maximum Gasteiger partial charge on any atom is 0.230 e. The van der Waals surface area contributed by atoms with E-state index in [0.29, 0.717) is 17.7 Å². The fourth-order valence-electron chi connectivity index (χ4n) is 2.44. The Morgan fingerprint density at radius 3 is 2.72 bits per heavy atom. The molecule has 2 atom stereocenters. The zero-order chi connectivity index (χ0) is 12.8. The van der Waals surface area contributed by atoms with Gasteiger partial charge in [0.05, 0.1) is 5.75 Å². The summed E-state index contributed by atoms with van der Waals surface area (Å²) in [5.41, 5.74) is 0. The van der Waals surface area contributed by atoms with Crippen LogP contribution in [0.3, 0.4) is 0 Å². The highest BCUT2D eigenvalue weighted by Crippen LogP contribution is 2.24. The minimum atomic E-state index is 0.169. The Morgan fingerprint density at radius 1 is 1.28 bits per heavy atom. The Morgan fingerprint density at radius 2 is 2.00 bits per heavy atom. The lowest BCUT2D eigenvalue weighted by Gasteiger charge is -2.29. The number of rotatable bonds is 4. The Hall–Kier alpha value is -0.960. The molecule has 1 N–H and O–H groups in total. The molecule has 0 heterocycles. The monoisotopic (exact) mass is 263 g/mol. The number of amides is 1. The lowest BCUT2D eigenvalue weighted by atomic mass is 9.86. The van der Waals surface area contributed by atoms with Crippen LogP contribution in [0.25, 0.3) is 0 Å². The maximum absolute atomic E-state index is 11.9. The third-order valence-electron chi connectivity index (χ3n) is 3.57. The van der Waals surface area contributed by atoms with Crippen molar-refractivity contribution in [3.8, 4) is 0 Å². The number of hydrogen-bond acceptors (Lipinski definition) is 2. The number of thioether (sulfide) groups is 1. The first kappa shape index (κ1) is 13.5. The molecule has 2 nitrogen and oxygen atoms in total. The minimum absolute atomic E-state index is 0.169. The van der Waals surface area contributed by atoms with Crippen molar-refractivity contribution in [3.63, 3.8) is 0 Å². The van der Waals surface area contributed by atoms with Gasteiger partial charge < -0.3 is 5.32 Å². The molecule has 1 aliphatic rings. The molecule has 0 aliphatic heterocycles. The zero-order valence-corrected chi connectivity index (χ0v) is 11.7. The van der Waals surface area contributed by atoms with Crippen molar-refractivity contribution in [3.05, 3.63) is 30.3 Å². The van der Waals surface area contributed by atoms with E-state index >= 15 is 0 Å². The highest BCUT2D eigenvalue weighted by atomic mass is 32.2. The van der Waals surface area contributed by atoms with Gasteiger partial charge in [0, 0.05) is 10.9 Å². The van der Waals surface area contributed by atoms with Crippen LogP contribution in [-0.4, -0.2) is 17.7 Å². The summed E-state index contributed by atoms with van der Waals surface area (Å²) in [6.07, 6.45) is 4.95. The lowest BCUT2D eigenvalue weighted by molar-refractivity contribution is -0.119. The van der Waals surface area contributed by atoms with Crippen LogP contribution in [0.1, 0.15) is 32.6 Å². The summed E-state index contributed by atoms with van der Waals surface area (Å²) < 4.78 is 0. The van der Waals surface area contributed by atoms with Gasteiger partial charge in [-0.15, -0.1) is 11.8 Å². The Bertz CT molecular complexity index is 379. The van der Waals surface area contributed by atoms with Crippen molar-refractivity contribution in [1.29, 1.82) is 0 Å². The quantitative estimate of drug-likeness (QED) is 0.843.